The van der Waals surface area contributed by atoms with Crippen molar-refractivity contribution in [1.29, 1.82) is 0 Å². The SMILES string of the molecule is Cc1nc(-c2csc(S(=O)(=O)N3CCCC(C(=O)Nc4ccccc4C)C3)c2)no1. The van der Waals surface area contributed by atoms with Crippen molar-refractivity contribution in [2.75, 3.05) is 18.4 Å². The monoisotopic (exact) mass is 446 g/mol. The smallest absolute Gasteiger partial charge is 0.252 e. The second kappa shape index (κ2) is 8.29. The molecule has 3 aromatic rings. The van der Waals surface area contributed by atoms with Crippen LogP contribution in [-0.4, -0.2) is 41.9 Å². The van der Waals surface area contributed by atoms with Crippen LogP contribution in [0.4, 0.5) is 5.69 Å². The fourth-order valence-electron chi connectivity index (χ4n) is 3.44. The molecular weight excluding hydrogens is 424 g/mol. The summed E-state index contributed by atoms with van der Waals surface area (Å²) in [6.45, 7) is 4.16. The van der Waals surface area contributed by atoms with Gasteiger partial charge in [0.1, 0.15) is 4.21 Å². The number of thiophene rings is 1. The van der Waals surface area contributed by atoms with E-state index in [2.05, 4.69) is 15.5 Å². The third-order valence-corrected chi connectivity index (χ3v) is 8.39. The third kappa shape index (κ3) is 4.16. The van der Waals surface area contributed by atoms with Gasteiger partial charge in [-0.2, -0.15) is 9.29 Å². The molecule has 1 saturated heterocycles. The lowest BCUT2D eigenvalue weighted by atomic mass is 9.98. The van der Waals surface area contributed by atoms with Gasteiger partial charge in [-0.15, -0.1) is 11.3 Å². The molecule has 10 heteroatoms. The van der Waals surface area contributed by atoms with Crippen LogP contribution < -0.4 is 5.32 Å². The van der Waals surface area contributed by atoms with Gasteiger partial charge in [-0.25, -0.2) is 8.42 Å². The molecule has 158 valence electrons. The molecule has 1 unspecified atom stereocenters. The van der Waals surface area contributed by atoms with Crippen LogP contribution in [-0.2, 0) is 14.8 Å². The van der Waals surface area contributed by atoms with Crippen LogP contribution in [0.15, 0.2) is 44.4 Å². The molecule has 0 aliphatic carbocycles. The van der Waals surface area contributed by atoms with Crippen molar-refractivity contribution in [2.45, 2.75) is 30.9 Å². The minimum absolute atomic E-state index is 0.154. The van der Waals surface area contributed by atoms with Gasteiger partial charge >= 0.3 is 0 Å². The van der Waals surface area contributed by atoms with E-state index in [-0.39, 0.29) is 16.7 Å². The largest absolute Gasteiger partial charge is 0.339 e. The third-order valence-electron chi connectivity index (χ3n) is 5.11. The number of hydrogen-bond acceptors (Lipinski definition) is 7. The van der Waals surface area contributed by atoms with Crippen molar-refractivity contribution in [3.63, 3.8) is 0 Å². The highest BCUT2D eigenvalue weighted by Gasteiger charge is 2.34. The maximum Gasteiger partial charge on any atom is 0.252 e. The predicted octanol–water partition coefficient (Wildman–Crippen LogP) is 3.45. The minimum Gasteiger partial charge on any atom is -0.339 e. The summed E-state index contributed by atoms with van der Waals surface area (Å²) >= 11 is 1.12. The number of hydrogen-bond donors (Lipinski definition) is 1. The minimum atomic E-state index is -3.70. The number of aryl methyl sites for hydroxylation is 2. The number of nitrogens with zero attached hydrogens (tertiary/aromatic N) is 3. The van der Waals surface area contributed by atoms with E-state index in [1.54, 1.807) is 18.4 Å². The molecule has 0 radical (unpaired) electrons. The van der Waals surface area contributed by atoms with E-state index in [9.17, 15) is 13.2 Å². The van der Waals surface area contributed by atoms with Gasteiger partial charge in [0, 0.05) is 36.6 Å². The molecule has 1 aromatic carbocycles. The summed E-state index contributed by atoms with van der Waals surface area (Å²) in [6.07, 6.45) is 1.29. The number of nitrogens with one attached hydrogen (secondary N) is 1. The molecule has 3 heterocycles. The Kier molecular flexibility index (Phi) is 5.72. The van der Waals surface area contributed by atoms with Gasteiger partial charge in [0.05, 0.1) is 5.92 Å². The van der Waals surface area contributed by atoms with E-state index in [0.717, 1.165) is 22.6 Å². The molecule has 1 atom stereocenters. The van der Waals surface area contributed by atoms with Gasteiger partial charge in [-0.3, -0.25) is 4.79 Å². The van der Waals surface area contributed by atoms with Gasteiger partial charge in [-0.1, -0.05) is 23.4 Å². The predicted molar refractivity (Wildman–Crippen MR) is 114 cm³/mol. The Morgan fingerprint density at radius 3 is 2.83 bits per heavy atom. The standard InChI is InChI=1S/C20H22N4O4S2/c1-13-6-3-4-8-17(13)22-20(25)15-7-5-9-24(11-15)30(26,27)18-10-16(12-29-18)19-21-14(2)28-23-19/h3-4,6,8,10,12,15H,5,7,9,11H2,1-2H3,(H,22,25). The summed E-state index contributed by atoms with van der Waals surface area (Å²) < 4.78 is 32.9. The van der Waals surface area contributed by atoms with E-state index in [1.807, 2.05) is 31.2 Å². The van der Waals surface area contributed by atoms with Crippen LogP contribution in [0.5, 0.6) is 0 Å². The van der Waals surface area contributed by atoms with Crippen molar-refractivity contribution < 1.29 is 17.7 Å². The van der Waals surface area contributed by atoms with Crippen LogP contribution >= 0.6 is 11.3 Å². The number of benzene rings is 1. The zero-order chi connectivity index (χ0) is 21.3. The number of anilines is 1. The number of sulfonamides is 1. The normalized spacial score (nSPS) is 17.7. The molecule has 30 heavy (non-hydrogen) atoms. The summed E-state index contributed by atoms with van der Waals surface area (Å²) in [5.74, 6) is 0.226. The number of aromatic nitrogens is 2. The lowest BCUT2D eigenvalue weighted by Crippen LogP contribution is -2.43. The van der Waals surface area contributed by atoms with Crippen molar-refractivity contribution in [3.05, 3.63) is 47.2 Å². The number of piperidine rings is 1. The zero-order valence-electron chi connectivity index (χ0n) is 16.7. The summed E-state index contributed by atoms with van der Waals surface area (Å²) in [6, 6.07) is 9.09. The van der Waals surface area contributed by atoms with Crippen LogP contribution in [0.1, 0.15) is 24.3 Å². The van der Waals surface area contributed by atoms with Crippen LogP contribution in [0.3, 0.4) is 0 Å². The molecular formula is C20H22N4O4S2. The van der Waals surface area contributed by atoms with Gasteiger partial charge < -0.3 is 9.84 Å². The number of para-hydroxylation sites is 1. The van der Waals surface area contributed by atoms with E-state index in [1.165, 1.54) is 4.31 Å². The maximum atomic E-state index is 13.2. The van der Waals surface area contributed by atoms with Crippen LogP contribution in [0.25, 0.3) is 11.4 Å². The van der Waals surface area contributed by atoms with E-state index in [4.69, 9.17) is 4.52 Å². The number of rotatable bonds is 5. The highest BCUT2D eigenvalue weighted by Crippen LogP contribution is 2.31. The fourth-order valence-corrected chi connectivity index (χ4v) is 6.27. The van der Waals surface area contributed by atoms with E-state index < -0.39 is 15.9 Å². The average Bonchev–Trinajstić information content (AvgIpc) is 3.39. The molecule has 1 N–H and O–H groups in total. The van der Waals surface area contributed by atoms with E-state index in [0.29, 0.717) is 36.7 Å². The Morgan fingerprint density at radius 1 is 1.30 bits per heavy atom. The second-order valence-electron chi connectivity index (χ2n) is 7.30. The second-order valence-corrected chi connectivity index (χ2v) is 10.4. The fraction of sp³-hybridized carbons (Fsp3) is 0.350. The first kappa shape index (κ1) is 20.7. The molecule has 4 rings (SSSR count). The van der Waals surface area contributed by atoms with Crippen molar-refractivity contribution >= 4 is 33.0 Å². The van der Waals surface area contributed by atoms with Gasteiger partial charge in [0.15, 0.2) is 0 Å². The first-order valence-electron chi connectivity index (χ1n) is 9.60. The number of carbonyl (C=O) groups is 1. The quantitative estimate of drug-likeness (QED) is 0.643. The molecule has 1 amide bonds. The number of carbonyl (C=O) groups excluding carboxylic acids is 1. The first-order chi connectivity index (χ1) is 14.3. The van der Waals surface area contributed by atoms with Gasteiger partial charge in [-0.05, 0) is 37.5 Å². The molecule has 0 bridgehead atoms. The van der Waals surface area contributed by atoms with Crippen molar-refractivity contribution in [3.8, 4) is 11.4 Å². The molecule has 1 fully saturated rings. The summed E-state index contributed by atoms with van der Waals surface area (Å²) in [5.41, 5.74) is 2.32. The molecule has 0 saturated carbocycles. The zero-order valence-corrected chi connectivity index (χ0v) is 18.3. The molecule has 8 nitrogen and oxygen atoms in total. The summed E-state index contributed by atoms with van der Waals surface area (Å²) in [4.78, 5) is 16.9. The Balaban J connectivity index is 1.49. The highest BCUT2D eigenvalue weighted by molar-refractivity contribution is 7.91. The van der Waals surface area contributed by atoms with Gasteiger partial charge in [0.2, 0.25) is 17.6 Å². The average molecular weight is 447 g/mol. The summed E-state index contributed by atoms with van der Waals surface area (Å²) in [7, 11) is -3.70. The molecule has 0 spiro atoms. The summed E-state index contributed by atoms with van der Waals surface area (Å²) in [5, 5.41) is 8.47. The maximum absolute atomic E-state index is 13.2. The highest BCUT2D eigenvalue weighted by atomic mass is 32.2. The Bertz CT molecular complexity index is 1170. The lowest BCUT2D eigenvalue weighted by Gasteiger charge is -2.30. The number of amides is 1. The lowest BCUT2D eigenvalue weighted by molar-refractivity contribution is -0.120. The van der Waals surface area contributed by atoms with Crippen LogP contribution in [0.2, 0.25) is 0 Å². The van der Waals surface area contributed by atoms with Crippen molar-refractivity contribution in [2.24, 2.45) is 5.92 Å². The molecule has 2 aromatic heterocycles. The first-order valence-corrected chi connectivity index (χ1v) is 11.9. The van der Waals surface area contributed by atoms with E-state index >= 15 is 0 Å². The topological polar surface area (TPSA) is 105 Å². The van der Waals surface area contributed by atoms with Crippen LogP contribution in [0, 0.1) is 19.8 Å². The Labute approximate surface area is 179 Å². The molecule has 1 aliphatic heterocycles. The Hall–Kier alpha value is -2.56. The van der Waals surface area contributed by atoms with Gasteiger partial charge in [0.25, 0.3) is 10.0 Å². The molecule has 1 aliphatic rings. The van der Waals surface area contributed by atoms with Crippen molar-refractivity contribution in [1.82, 2.24) is 14.4 Å². The Morgan fingerprint density at radius 2 is 2.10 bits per heavy atom.